The molecular weight excluding hydrogens is 312 g/mol. The Hall–Kier alpha value is -2.52. The molecule has 130 valence electrons. The molecule has 0 atom stereocenters. The minimum atomic E-state index is -0.119. The Bertz CT molecular complexity index is 752. The molecule has 0 bridgehead atoms. The van der Waals surface area contributed by atoms with Gasteiger partial charge in [-0.1, -0.05) is 20.8 Å². The van der Waals surface area contributed by atoms with Gasteiger partial charge in [0.2, 0.25) is 0 Å². The molecule has 2 aromatic rings. The maximum atomic E-state index is 9.45. The van der Waals surface area contributed by atoms with Crippen molar-refractivity contribution in [3.05, 3.63) is 47.7 Å². The second kappa shape index (κ2) is 7.16. The lowest BCUT2D eigenvalue weighted by Gasteiger charge is -2.35. The minimum absolute atomic E-state index is 0.119. The molecule has 1 aliphatic heterocycles. The zero-order valence-corrected chi connectivity index (χ0v) is 15.1. The summed E-state index contributed by atoms with van der Waals surface area (Å²) < 4.78 is 0. The van der Waals surface area contributed by atoms with E-state index in [4.69, 9.17) is 0 Å². The van der Waals surface area contributed by atoms with Crippen LogP contribution in [0.2, 0.25) is 0 Å². The molecule has 0 aromatic carbocycles. The van der Waals surface area contributed by atoms with Crippen molar-refractivity contribution in [2.75, 3.05) is 31.1 Å². The van der Waals surface area contributed by atoms with Gasteiger partial charge in [0, 0.05) is 56.7 Å². The summed E-state index contributed by atoms with van der Waals surface area (Å²) in [6.45, 7) is 10.8. The molecule has 0 aliphatic carbocycles. The Morgan fingerprint density at radius 1 is 1.08 bits per heavy atom. The normalized spacial score (nSPS) is 15.8. The van der Waals surface area contributed by atoms with Crippen molar-refractivity contribution in [2.24, 2.45) is 0 Å². The lowest BCUT2D eigenvalue weighted by molar-refractivity contribution is 0.249. The molecule has 25 heavy (non-hydrogen) atoms. The fourth-order valence-corrected chi connectivity index (χ4v) is 3.13. The van der Waals surface area contributed by atoms with Gasteiger partial charge in [0.05, 0.1) is 17.5 Å². The third kappa shape index (κ3) is 4.12. The summed E-state index contributed by atoms with van der Waals surface area (Å²) >= 11 is 0. The topological polar surface area (TPSA) is 68.9 Å². The third-order valence-electron chi connectivity index (χ3n) is 4.43. The van der Waals surface area contributed by atoms with Gasteiger partial charge < -0.3 is 4.90 Å². The van der Waals surface area contributed by atoms with Gasteiger partial charge in [0.15, 0.2) is 0 Å². The van der Waals surface area contributed by atoms with Crippen LogP contribution < -0.4 is 4.90 Å². The van der Waals surface area contributed by atoms with Gasteiger partial charge in [0.1, 0.15) is 11.9 Å². The zero-order valence-electron chi connectivity index (χ0n) is 15.1. The van der Waals surface area contributed by atoms with Crippen LogP contribution in [0.15, 0.2) is 30.9 Å². The highest BCUT2D eigenvalue weighted by Crippen LogP contribution is 2.24. The Morgan fingerprint density at radius 2 is 1.84 bits per heavy atom. The van der Waals surface area contributed by atoms with Gasteiger partial charge in [-0.05, 0) is 11.6 Å². The van der Waals surface area contributed by atoms with Crippen LogP contribution >= 0.6 is 0 Å². The van der Waals surface area contributed by atoms with Crippen LogP contribution in [0.5, 0.6) is 0 Å². The van der Waals surface area contributed by atoms with E-state index in [2.05, 4.69) is 51.6 Å². The van der Waals surface area contributed by atoms with Crippen LogP contribution in [0.3, 0.4) is 0 Å². The Kier molecular flexibility index (Phi) is 4.95. The van der Waals surface area contributed by atoms with Crippen molar-refractivity contribution >= 4 is 5.82 Å². The lowest BCUT2D eigenvalue weighted by atomic mass is 9.88. The summed E-state index contributed by atoms with van der Waals surface area (Å²) in [6, 6.07) is 4.29. The number of anilines is 1. The molecule has 3 rings (SSSR count). The molecule has 1 saturated heterocycles. The molecule has 1 fully saturated rings. The van der Waals surface area contributed by atoms with Crippen molar-refractivity contribution < 1.29 is 0 Å². The van der Waals surface area contributed by atoms with Crippen molar-refractivity contribution in [3.8, 4) is 6.07 Å². The molecule has 6 heteroatoms. The summed E-state index contributed by atoms with van der Waals surface area (Å²) in [7, 11) is 0. The van der Waals surface area contributed by atoms with Crippen molar-refractivity contribution in [1.29, 1.82) is 5.26 Å². The van der Waals surface area contributed by atoms with Crippen LogP contribution in [-0.4, -0.2) is 46.0 Å². The second-order valence-corrected chi connectivity index (χ2v) is 7.43. The molecule has 1 aliphatic rings. The number of piperazine rings is 1. The second-order valence-electron chi connectivity index (χ2n) is 7.43. The van der Waals surface area contributed by atoms with Gasteiger partial charge in [0.25, 0.3) is 0 Å². The van der Waals surface area contributed by atoms with Gasteiger partial charge in [-0.3, -0.25) is 14.9 Å². The van der Waals surface area contributed by atoms with Crippen molar-refractivity contribution in [1.82, 2.24) is 19.9 Å². The van der Waals surface area contributed by atoms with Crippen molar-refractivity contribution in [3.63, 3.8) is 0 Å². The minimum Gasteiger partial charge on any atom is -0.353 e. The molecule has 0 N–H and O–H groups in total. The smallest absolute Gasteiger partial charge is 0.147 e. The van der Waals surface area contributed by atoms with E-state index in [9.17, 15) is 5.26 Å². The summed E-state index contributed by atoms with van der Waals surface area (Å²) in [5.74, 6) is 0.935. The van der Waals surface area contributed by atoms with Crippen LogP contribution in [0.1, 0.15) is 37.6 Å². The number of nitriles is 1. The molecule has 2 aromatic heterocycles. The number of aromatic nitrogens is 3. The first-order valence-corrected chi connectivity index (χ1v) is 8.60. The average Bonchev–Trinajstić information content (AvgIpc) is 2.62. The number of hydrogen-bond acceptors (Lipinski definition) is 6. The molecule has 0 unspecified atom stereocenters. The van der Waals surface area contributed by atoms with Gasteiger partial charge >= 0.3 is 0 Å². The van der Waals surface area contributed by atoms with E-state index in [1.165, 1.54) is 0 Å². The highest BCUT2D eigenvalue weighted by atomic mass is 15.3. The van der Waals surface area contributed by atoms with Gasteiger partial charge in [-0.25, -0.2) is 4.98 Å². The molecule has 0 saturated carbocycles. The fourth-order valence-electron chi connectivity index (χ4n) is 3.13. The third-order valence-corrected chi connectivity index (χ3v) is 4.43. The molecule has 6 nitrogen and oxygen atoms in total. The van der Waals surface area contributed by atoms with E-state index in [1.807, 2.05) is 18.5 Å². The predicted octanol–water partition coefficient (Wildman–Crippen LogP) is 2.36. The summed E-state index contributed by atoms with van der Waals surface area (Å²) in [6.07, 6.45) is 7.15. The monoisotopic (exact) mass is 336 g/mol. The first-order valence-electron chi connectivity index (χ1n) is 8.60. The standard InChI is InChI=1S/C19H24N6/c1-19(2,3)18-16(11-20)10-15(12-23-18)14-24-6-8-25(9-7-24)17-13-21-4-5-22-17/h4-5,10,12-13H,6-9,14H2,1-3H3. The highest BCUT2D eigenvalue weighted by molar-refractivity contribution is 5.39. The fraction of sp³-hybridized carbons (Fsp3) is 0.474. The Morgan fingerprint density at radius 3 is 2.44 bits per heavy atom. The number of nitrogens with zero attached hydrogens (tertiary/aromatic N) is 6. The Balaban J connectivity index is 1.64. The molecule has 0 radical (unpaired) electrons. The van der Waals surface area contributed by atoms with Crippen LogP contribution in [0.25, 0.3) is 0 Å². The SMILES string of the molecule is CC(C)(C)c1ncc(CN2CCN(c3cnccn3)CC2)cc1C#N. The van der Waals surface area contributed by atoms with Crippen LogP contribution in [-0.2, 0) is 12.0 Å². The van der Waals surface area contributed by atoms with Gasteiger partial charge in [-0.15, -0.1) is 0 Å². The predicted molar refractivity (Wildman–Crippen MR) is 97.2 cm³/mol. The van der Waals surface area contributed by atoms with E-state index in [0.29, 0.717) is 5.56 Å². The highest BCUT2D eigenvalue weighted by Gasteiger charge is 2.22. The zero-order chi connectivity index (χ0) is 17.9. The average molecular weight is 336 g/mol. The number of pyridine rings is 1. The largest absolute Gasteiger partial charge is 0.353 e. The summed E-state index contributed by atoms with van der Waals surface area (Å²) in [4.78, 5) is 17.7. The maximum Gasteiger partial charge on any atom is 0.147 e. The molecular formula is C19H24N6. The van der Waals surface area contributed by atoms with Crippen LogP contribution in [0.4, 0.5) is 5.82 Å². The van der Waals surface area contributed by atoms with E-state index in [0.717, 1.165) is 49.8 Å². The summed E-state index contributed by atoms with van der Waals surface area (Å²) in [5.41, 5.74) is 2.53. The lowest BCUT2D eigenvalue weighted by Crippen LogP contribution is -2.46. The van der Waals surface area contributed by atoms with Crippen LogP contribution in [0, 0.1) is 11.3 Å². The summed E-state index contributed by atoms with van der Waals surface area (Å²) in [5, 5.41) is 9.45. The van der Waals surface area contributed by atoms with E-state index < -0.39 is 0 Å². The number of rotatable bonds is 3. The van der Waals surface area contributed by atoms with E-state index >= 15 is 0 Å². The van der Waals surface area contributed by atoms with E-state index in [1.54, 1.807) is 12.4 Å². The van der Waals surface area contributed by atoms with Gasteiger partial charge in [-0.2, -0.15) is 5.26 Å². The van der Waals surface area contributed by atoms with E-state index in [-0.39, 0.29) is 5.41 Å². The quantitative estimate of drug-likeness (QED) is 0.857. The van der Waals surface area contributed by atoms with Crippen molar-refractivity contribution in [2.45, 2.75) is 32.7 Å². The molecule has 0 amide bonds. The molecule has 0 spiro atoms. The molecule has 3 heterocycles. The maximum absolute atomic E-state index is 9.45. The first-order chi connectivity index (χ1) is 12.0. The Labute approximate surface area is 149 Å². The first kappa shape index (κ1) is 17.3. The number of hydrogen-bond donors (Lipinski definition) is 0.